The van der Waals surface area contributed by atoms with Gasteiger partial charge in [0.05, 0.1) is 18.1 Å². The minimum absolute atomic E-state index is 0.110. The molecule has 1 unspecified atom stereocenters. The van der Waals surface area contributed by atoms with E-state index < -0.39 is 0 Å². The number of nitro benzene ring substituents is 1. The van der Waals surface area contributed by atoms with E-state index in [1.807, 2.05) is 6.07 Å². The zero-order chi connectivity index (χ0) is 13.0. The minimum atomic E-state index is -0.366. The lowest BCUT2D eigenvalue weighted by molar-refractivity contribution is -0.384. The third kappa shape index (κ3) is 3.53. The average Bonchev–Trinajstić information content (AvgIpc) is 2.38. The Morgan fingerprint density at radius 3 is 3.11 bits per heavy atom. The molecule has 1 aliphatic heterocycles. The van der Waals surface area contributed by atoms with Crippen molar-refractivity contribution in [2.75, 3.05) is 31.6 Å². The topological polar surface area (TPSA) is 76.4 Å². The molecule has 0 spiro atoms. The highest BCUT2D eigenvalue weighted by molar-refractivity contribution is 14.1. The molecule has 0 radical (unpaired) electrons. The van der Waals surface area contributed by atoms with Gasteiger partial charge in [0.25, 0.3) is 5.69 Å². The van der Waals surface area contributed by atoms with Crippen molar-refractivity contribution in [3.63, 3.8) is 0 Å². The van der Waals surface area contributed by atoms with Crippen molar-refractivity contribution in [2.45, 2.75) is 6.04 Å². The molecule has 1 heterocycles. The number of ether oxygens (including phenoxy) is 1. The summed E-state index contributed by atoms with van der Waals surface area (Å²) >= 11 is 2.06. The number of hydrogen-bond donors (Lipinski definition) is 2. The van der Waals surface area contributed by atoms with Crippen molar-refractivity contribution in [3.8, 4) is 0 Å². The highest BCUT2D eigenvalue weighted by Gasteiger charge is 2.17. The van der Waals surface area contributed by atoms with Crippen LogP contribution in [0.4, 0.5) is 11.4 Å². The Labute approximate surface area is 118 Å². The van der Waals surface area contributed by atoms with E-state index in [1.54, 1.807) is 12.1 Å². The Hall–Kier alpha value is -0.930. The van der Waals surface area contributed by atoms with Gasteiger partial charge in [-0.15, -0.1) is 0 Å². The highest BCUT2D eigenvalue weighted by atomic mass is 127. The highest BCUT2D eigenvalue weighted by Crippen LogP contribution is 2.26. The van der Waals surface area contributed by atoms with Crippen LogP contribution in [0, 0.1) is 13.7 Å². The molecule has 0 amide bonds. The van der Waals surface area contributed by atoms with Crippen LogP contribution in [0.5, 0.6) is 0 Å². The lowest BCUT2D eigenvalue weighted by Gasteiger charge is -2.24. The number of nitro groups is 1. The summed E-state index contributed by atoms with van der Waals surface area (Å²) in [6.07, 6.45) is 0. The van der Waals surface area contributed by atoms with E-state index in [9.17, 15) is 10.1 Å². The predicted molar refractivity (Wildman–Crippen MR) is 76.9 cm³/mol. The summed E-state index contributed by atoms with van der Waals surface area (Å²) in [4.78, 5) is 10.6. The third-order valence-electron chi connectivity index (χ3n) is 2.69. The molecule has 2 N–H and O–H groups in total. The van der Waals surface area contributed by atoms with Crippen LogP contribution in [0.15, 0.2) is 18.2 Å². The summed E-state index contributed by atoms with van der Waals surface area (Å²) in [7, 11) is 0. The quantitative estimate of drug-likeness (QED) is 0.483. The number of rotatable bonds is 4. The van der Waals surface area contributed by atoms with E-state index in [2.05, 4.69) is 33.2 Å². The van der Waals surface area contributed by atoms with Gasteiger partial charge >= 0.3 is 0 Å². The Kier molecular flexibility index (Phi) is 4.72. The van der Waals surface area contributed by atoms with E-state index in [4.69, 9.17) is 4.74 Å². The van der Waals surface area contributed by atoms with Gasteiger partial charge in [-0.3, -0.25) is 10.1 Å². The van der Waals surface area contributed by atoms with E-state index >= 15 is 0 Å². The normalized spacial score (nSPS) is 19.5. The molecule has 1 aromatic rings. The van der Waals surface area contributed by atoms with Gasteiger partial charge in [-0.25, -0.2) is 0 Å². The molecule has 0 aromatic heterocycles. The second kappa shape index (κ2) is 6.30. The maximum Gasteiger partial charge on any atom is 0.293 e. The maximum absolute atomic E-state index is 10.9. The lowest BCUT2D eigenvalue weighted by Crippen LogP contribution is -2.45. The van der Waals surface area contributed by atoms with Gasteiger partial charge < -0.3 is 15.4 Å². The van der Waals surface area contributed by atoms with Crippen molar-refractivity contribution in [2.24, 2.45) is 0 Å². The second-order valence-electron chi connectivity index (χ2n) is 4.03. The Balaban J connectivity index is 2.01. The number of nitrogens with zero attached hydrogens (tertiary/aromatic N) is 1. The van der Waals surface area contributed by atoms with Gasteiger partial charge in [0.15, 0.2) is 0 Å². The van der Waals surface area contributed by atoms with Crippen LogP contribution >= 0.6 is 22.6 Å². The number of hydrogen-bond acceptors (Lipinski definition) is 5. The fraction of sp³-hybridized carbons (Fsp3) is 0.455. The van der Waals surface area contributed by atoms with Gasteiger partial charge in [-0.05, 0) is 34.7 Å². The zero-order valence-electron chi connectivity index (χ0n) is 9.69. The summed E-state index contributed by atoms with van der Waals surface area (Å²) < 4.78 is 6.18. The monoisotopic (exact) mass is 363 g/mol. The molecule has 0 bridgehead atoms. The summed E-state index contributed by atoms with van der Waals surface area (Å²) in [5, 5.41) is 17.3. The van der Waals surface area contributed by atoms with Crippen molar-refractivity contribution in [3.05, 3.63) is 31.9 Å². The van der Waals surface area contributed by atoms with Crippen molar-refractivity contribution >= 4 is 34.0 Å². The number of benzene rings is 1. The molecule has 6 nitrogen and oxygen atoms in total. The molecular formula is C11H14IN3O3. The first-order chi connectivity index (χ1) is 8.66. The van der Waals surface area contributed by atoms with Crippen molar-refractivity contribution in [1.29, 1.82) is 0 Å². The summed E-state index contributed by atoms with van der Waals surface area (Å²) in [6.45, 7) is 2.79. The smallest absolute Gasteiger partial charge is 0.293 e. The van der Waals surface area contributed by atoms with Crippen LogP contribution in [0.3, 0.4) is 0 Å². The zero-order valence-corrected chi connectivity index (χ0v) is 11.8. The first kappa shape index (κ1) is 13.5. The largest absolute Gasteiger partial charge is 0.378 e. The fourth-order valence-electron chi connectivity index (χ4n) is 1.79. The summed E-state index contributed by atoms with van der Waals surface area (Å²) in [6, 6.07) is 5.34. The van der Waals surface area contributed by atoms with Gasteiger partial charge in [0, 0.05) is 28.8 Å². The van der Waals surface area contributed by atoms with Crippen LogP contribution < -0.4 is 10.6 Å². The second-order valence-corrected chi connectivity index (χ2v) is 5.27. The van der Waals surface area contributed by atoms with Crippen LogP contribution in [0.1, 0.15) is 0 Å². The molecule has 7 heteroatoms. The molecule has 18 heavy (non-hydrogen) atoms. The van der Waals surface area contributed by atoms with Gasteiger partial charge in [-0.1, -0.05) is 0 Å². The molecular weight excluding hydrogens is 349 g/mol. The van der Waals surface area contributed by atoms with Crippen molar-refractivity contribution in [1.82, 2.24) is 5.32 Å². The fourth-order valence-corrected chi connectivity index (χ4v) is 2.26. The molecule has 1 aromatic carbocycles. The number of morpholine rings is 1. The Morgan fingerprint density at radius 1 is 1.61 bits per heavy atom. The predicted octanol–water partition coefficient (Wildman–Crippen LogP) is 1.60. The lowest BCUT2D eigenvalue weighted by atomic mass is 10.2. The Bertz CT molecular complexity index is 436. The standard InChI is InChI=1S/C11H14IN3O3/c12-8-1-2-10(11(5-8)15(16)17)14-6-9-7-18-4-3-13-9/h1-2,5,9,13-14H,3-4,6-7H2. The van der Waals surface area contributed by atoms with Gasteiger partial charge in [-0.2, -0.15) is 0 Å². The molecule has 98 valence electrons. The minimum Gasteiger partial charge on any atom is -0.378 e. The van der Waals surface area contributed by atoms with Gasteiger partial charge in [0.2, 0.25) is 0 Å². The molecule has 0 aliphatic carbocycles. The average molecular weight is 363 g/mol. The van der Waals surface area contributed by atoms with Gasteiger partial charge in [0.1, 0.15) is 5.69 Å². The van der Waals surface area contributed by atoms with Crippen LogP contribution in [0.25, 0.3) is 0 Å². The van der Waals surface area contributed by atoms with E-state index in [0.717, 1.165) is 16.7 Å². The molecule has 1 atom stereocenters. The first-order valence-electron chi connectivity index (χ1n) is 5.66. The molecule has 2 rings (SSSR count). The molecule has 1 aliphatic rings. The van der Waals surface area contributed by atoms with E-state index in [-0.39, 0.29) is 16.7 Å². The third-order valence-corrected chi connectivity index (χ3v) is 3.36. The summed E-state index contributed by atoms with van der Waals surface area (Å²) in [5.74, 6) is 0. The van der Waals surface area contributed by atoms with Crippen LogP contribution in [-0.4, -0.2) is 37.3 Å². The van der Waals surface area contributed by atoms with E-state index in [0.29, 0.717) is 18.8 Å². The molecule has 1 fully saturated rings. The van der Waals surface area contributed by atoms with E-state index in [1.165, 1.54) is 0 Å². The number of nitrogens with one attached hydrogen (secondary N) is 2. The molecule has 0 saturated carbocycles. The van der Waals surface area contributed by atoms with Crippen LogP contribution in [-0.2, 0) is 4.74 Å². The maximum atomic E-state index is 10.9. The first-order valence-corrected chi connectivity index (χ1v) is 6.73. The summed E-state index contributed by atoms with van der Waals surface area (Å²) in [5.41, 5.74) is 0.659. The Morgan fingerprint density at radius 2 is 2.44 bits per heavy atom. The van der Waals surface area contributed by atoms with Crippen molar-refractivity contribution < 1.29 is 9.66 Å². The number of anilines is 1. The SMILES string of the molecule is O=[N+]([O-])c1cc(I)ccc1NCC1COCCN1. The molecule has 1 saturated heterocycles. The number of halogens is 1. The van der Waals surface area contributed by atoms with Crippen LogP contribution in [0.2, 0.25) is 0 Å².